The lowest BCUT2D eigenvalue weighted by Crippen LogP contribution is -2.45. The molecule has 0 spiro atoms. The molecule has 11 heteroatoms. The van der Waals surface area contributed by atoms with Crippen LogP contribution in [0.15, 0.2) is 47.4 Å². The highest BCUT2D eigenvalue weighted by molar-refractivity contribution is 7.89. The molecule has 2 aliphatic rings. The van der Waals surface area contributed by atoms with Gasteiger partial charge in [0.05, 0.1) is 23.8 Å². The number of benzene rings is 2. The second-order valence-electron chi connectivity index (χ2n) is 7.28. The first kappa shape index (κ1) is 22.5. The minimum absolute atomic E-state index is 0.0259. The Kier molecular flexibility index (Phi) is 6.66. The molecule has 2 aliphatic heterocycles. The first-order chi connectivity index (χ1) is 15.4. The largest absolute Gasteiger partial charge is 0.482 e. The Balaban J connectivity index is 1.53. The van der Waals surface area contributed by atoms with E-state index in [9.17, 15) is 18.0 Å². The molecule has 0 saturated carbocycles. The maximum atomic E-state index is 13.0. The van der Waals surface area contributed by atoms with E-state index in [1.54, 1.807) is 18.2 Å². The quantitative estimate of drug-likeness (QED) is 0.671. The van der Waals surface area contributed by atoms with Crippen molar-refractivity contribution in [1.82, 2.24) is 9.62 Å². The number of nitrogens with one attached hydrogen (secondary N) is 1. The Labute approximate surface area is 190 Å². The lowest BCUT2D eigenvalue weighted by Gasteiger charge is -2.30. The monoisotopic (exact) mass is 479 g/mol. The summed E-state index contributed by atoms with van der Waals surface area (Å²) in [5, 5.41) is 3.26. The maximum absolute atomic E-state index is 13.0. The molecular weight excluding hydrogens is 458 g/mol. The van der Waals surface area contributed by atoms with E-state index in [-0.39, 0.29) is 43.4 Å². The van der Waals surface area contributed by atoms with Gasteiger partial charge in [-0.1, -0.05) is 29.8 Å². The summed E-state index contributed by atoms with van der Waals surface area (Å²) in [7, 11) is -3.77. The van der Waals surface area contributed by atoms with Crippen LogP contribution in [-0.4, -0.2) is 64.0 Å². The highest BCUT2D eigenvalue weighted by Crippen LogP contribution is 2.35. The van der Waals surface area contributed by atoms with Gasteiger partial charge >= 0.3 is 0 Å². The van der Waals surface area contributed by atoms with Crippen molar-refractivity contribution in [3.8, 4) is 5.75 Å². The van der Waals surface area contributed by atoms with Crippen LogP contribution < -0.4 is 15.0 Å². The van der Waals surface area contributed by atoms with Crippen molar-refractivity contribution in [3.05, 3.63) is 53.1 Å². The zero-order chi connectivity index (χ0) is 22.7. The molecule has 0 aliphatic carbocycles. The Morgan fingerprint density at radius 1 is 1.12 bits per heavy atom. The second-order valence-corrected chi connectivity index (χ2v) is 9.63. The van der Waals surface area contributed by atoms with E-state index in [1.807, 2.05) is 6.07 Å². The molecule has 0 bridgehead atoms. The Morgan fingerprint density at radius 2 is 1.88 bits per heavy atom. The van der Waals surface area contributed by atoms with Crippen LogP contribution in [0.5, 0.6) is 5.75 Å². The fourth-order valence-electron chi connectivity index (χ4n) is 3.49. The number of anilines is 1. The summed E-state index contributed by atoms with van der Waals surface area (Å²) in [6.45, 7) is 0.843. The molecule has 32 heavy (non-hydrogen) atoms. The lowest BCUT2D eigenvalue weighted by atomic mass is 10.2. The summed E-state index contributed by atoms with van der Waals surface area (Å²) in [5.41, 5.74) is 0.985. The number of hydrogen-bond acceptors (Lipinski definition) is 6. The molecule has 1 fully saturated rings. The van der Waals surface area contributed by atoms with Crippen molar-refractivity contribution in [1.29, 1.82) is 0 Å². The summed E-state index contributed by atoms with van der Waals surface area (Å²) in [6, 6.07) is 11.4. The molecule has 0 aromatic heterocycles. The predicted octanol–water partition coefficient (Wildman–Crippen LogP) is 1.40. The van der Waals surface area contributed by atoms with Crippen LogP contribution in [0, 0.1) is 0 Å². The van der Waals surface area contributed by atoms with Crippen LogP contribution in [0.2, 0.25) is 5.02 Å². The fourth-order valence-corrected chi connectivity index (χ4v) is 5.12. The van der Waals surface area contributed by atoms with Crippen molar-refractivity contribution < 1.29 is 27.5 Å². The Bertz CT molecular complexity index is 1130. The lowest BCUT2D eigenvalue weighted by molar-refractivity contribution is -0.125. The number of carbonyl (C=O) groups excluding carboxylic acids is 2. The number of rotatable bonds is 6. The average Bonchev–Trinajstić information content (AvgIpc) is 2.80. The number of amides is 2. The van der Waals surface area contributed by atoms with Gasteiger partial charge in [0.15, 0.2) is 6.61 Å². The molecule has 1 saturated heterocycles. The van der Waals surface area contributed by atoms with E-state index < -0.39 is 21.8 Å². The molecule has 0 atom stereocenters. The first-order valence-corrected chi connectivity index (χ1v) is 11.8. The number of hydrogen-bond donors (Lipinski definition) is 1. The van der Waals surface area contributed by atoms with Gasteiger partial charge in [0, 0.05) is 24.7 Å². The summed E-state index contributed by atoms with van der Waals surface area (Å²) in [4.78, 5) is 26.3. The topological polar surface area (TPSA) is 105 Å². The van der Waals surface area contributed by atoms with E-state index in [2.05, 4.69) is 5.32 Å². The van der Waals surface area contributed by atoms with Crippen molar-refractivity contribution in [3.63, 3.8) is 0 Å². The average molecular weight is 480 g/mol. The van der Waals surface area contributed by atoms with Gasteiger partial charge in [-0.3, -0.25) is 14.5 Å². The van der Waals surface area contributed by atoms with E-state index in [0.29, 0.717) is 24.0 Å². The smallest absolute Gasteiger partial charge is 0.265 e. The molecule has 9 nitrogen and oxygen atoms in total. The van der Waals surface area contributed by atoms with Crippen molar-refractivity contribution >= 4 is 39.1 Å². The number of fused-ring (bicyclic) bond motifs is 1. The van der Waals surface area contributed by atoms with Crippen molar-refractivity contribution in [2.24, 2.45) is 0 Å². The Hall–Kier alpha value is -2.66. The highest BCUT2D eigenvalue weighted by atomic mass is 35.5. The van der Waals surface area contributed by atoms with Crippen LogP contribution in [0.3, 0.4) is 0 Å². The zero-order valence-corrected chi connectivity index (χ0v) is 18.7. The molecule has 0 unspecified atom stereocenters. The number of nitrogens with zero attached hydrogens (tertiary/aromatic N) is 2. The van der Waals surface area contributed by atoms with Gasteiger partial charge < -0.3 is 14.8 Å². The summed E-state index contributed by atoms with van der Waals surface area (Å²) in [6.07, 6.45) is 0. The van der Waals surface area contributed by atoms with Gasteiger partial charge in [0.1, 0.15) is 12.3 Å². The van der Waals surface area contributed by atoms with E-state index in [1.165, 1.54) is 27.4 Å². The Morgan fingerprint density at radius 3 is 2.62 bits per heavy atom. The summed E-state index contributed by atoms with van der Waals surface area (Å²) >= 11 is 6.11. The highest BCUT2D eigenvalue weighted by Gasteiger charge is 2.31. The number of carbonyl (C=O) groups is 2. The van der Waals surface area contributed by atoms with E-state index in [0.717, 1.165) is 5.56 Å². The molecule has 2 amide bonds. The van der Waals surface area contributed by atoms with Gasteiger partial charge in [0.2, 0.25) is 15.9 Å². The molecule has 4 rings (SSSR count). The van der Waals surface area contributed by atoms with Gasteiger partial charge in [-0.15, -0.1) is 0 Å². The summed E-state index contributed by atoms with van der Waals surface area (Å²) < 4.78 is 38.0. The number of halogens is 1. The summed E-state index contributed by atoms with van der Waals surface area (Å²) in [5.74, 6) is -0.511. The second kappa shape index (κ2) is 9.45. The van der Waals surface area contributed by atoms with Crippen LogP contribution in [0.1, 0.15) is 5.56 Å². The van der Waals surface area contributed by atoms with Crippen LogP contribution in [0.4, 0.5) is 5.69 Å². The number of sulfonamides is 1. The third-order valence-electron chi connectivity index (χ3n) is 5.22. The van der Waals surface area contributed by atoms with Gasteiger partial charge in [0.25, 0.3) is 5.91 Å². The third kappa shape index (κ3) is 4.73. The zero-order valence-electron chi connectivity index (χ0n) is 17.1. The maximum Gasteiger partial charge on any atom is 0.265 e. The molecule has 170 valence electrons. The van der Waals surface area contributed by atoms with Gasteiger partial charge in [-0.05, 0) is 29.8 Å². The van der Waals surface area contributed by atoms with Gasteiger partial charge in [-0.2, -0.15) is 4.31 Å². The van der Waals surface area contributed by atoms with Crippen molar-refractivity contribution in [2.45, 2.75) is 11.4 Å². The standard InChI is InChI=1S/C21H22ClN3O6S/c22-17-4-2-1-3-15(17)12-23-20(26)13-25-18-11-16(5-6-19(18)31-14-21(25)27)32(28,29)24-7-9-30-10-8-24/h1-6,11H,7-10,12-14H2,(H,23,26). The number of ether oxygens (including phenoxy) is 2. The molecule has 2 aromatic carbocycles. The number of morpholine rings is 1. The third-order valence-corrected chi connectivity index (χ3v) is 7.48. The van der Waals surface area contributed by atoms with E-state index in [4.69, 9.17) is 21.1 Å². The minimum Gasteiger partial charge on any atom is -0.482 e. The molecule has 2 heterocycles. The first-order valence-electron chi connectivity index (χ1n) is 10.0. The van der Waals surface area contributed by atoms with Crippen LogP contribution in [-0.2, 0) is 30.9 Å². The van der Waals surface area contributed by atoms with Crippen LogP contribution >= 0.6 is 11.6 Å². The van der Waals surface area contributed by atoms with Gasteiger partial charge in [-0.25, -0.2) is 8.42 Å². The molecule has 0 radical (unpaired) electrons. The van der Waals surface area contributed by atoms with Crippen molar-refractivity contribution in [2.75, 3.05) is 44.4 Å². The minimum atomic E-state index is -3.77. The molecule has 2 aromatic rings. The molecule has 1 N–H and O–H groups in total. The van der Waals surface area contributed by atoms with Crippen LogP contribution in [0.25, 0.3) is 0 Å². The predicted molar refractivity (Wildman–Crippen MR) is 117 cm³/mol. The normalized spacial score (nSPS) is 16.9. The van der Waals surface area contributed by atoms with E-state index >= 15 is 0 Å². The fraction of sp³-hybridized carbons (Fsp3) is 0.333. The SMILES string of the molecule is O=C(CN1C(=O)COc2ccc(S(=O)(=O)N3CCOCC3)cc21)NCc1ccccc1Cl. The molecular formula is C21H22ClN3O6S.